The van der Waals surface area contributed by atoms with Crippen molar-refractivity contribution in [2.45, 2.75) is 12.8 Å². The first-order chi connectivity index (χ1) is 12.2. The molecule has 0 spiro atoms. The van der Waals surface area contributed by atoms with Crippen molar-refractivity contribution in [2.24, 2.45) is 5.92 Å². The Kier molecular flexibility index (Phi) is 4.42. The van der Waals surface area contributed by atoms with Crippen molar-refractivity contribution in [1.29, 1.82) is 0 Å². The zero-order chi connectivity index (χ0) is 17.2. The molecular formula is C18H19N5OS. The summed E-state index contributed by atoms with van der Waals surface area (Å²) in [6.45, 7) is 1.91. The molecule has 2 aromatic heterocycles. The number of nitrogens with zero attached hydrogens (tertiary/aromatic N) is 4. The van der Waals surface area contributed by atoms with Gasteiger partial charge in [0.1, 0.15) is 0 Å². The summed E-state index contributed by atoms with van der Waals surface area (Å²) in [4.78, 5) is 28.7. The number of likely N-dealkylation sites (tertiary alicyclic amines) is 1. The Morgan fingerprint density at radius 1 is 1.28 bits per heavy atom. The second-order valence-electron chi connectivity index (χ2n) is 6.40. The van der Waals surface area contributed by atoms with Gasteiger partial charge in [0.2, 0.25) is 11.9 Å². The van der Waals surface area contributed by atoms with Gasteiger partial charge in [0.05, 0.1) is 15.9 Å². The van der Waals surface area contributed by atoms with Gasteiger partial charge in [0.15, 0.2) is 0 Å². The molecule has 1 aliphatic rings. The molecule has 1 saturated heterocycles. The Bertz CT molecular complexity index is 888. The number of rotatable bonds is 3. The molecule has 0 saturated carbocycles. The predicted molar refractivity (Wildman–Crippen MR) is 99.5 cm³/mol. The lowest BCUT2D eigenvalue weighted by atomic mass is 9.96. The molecule has 1 aliphatic heterocycles. The molecule has 1 N–H and O–H groups in total. The summed E-state index contributed by atoms with van der Waals surface area (Å²) in [5.41, 5.74) is 3.70. The van der Waals surface area contributed by atoms with Crippen LogP contribution in [-0.2, 0) is 4.79 Å². The van der Waals surface area contributed by atoms with Crippen molar-refractivity contribution < 1.29 is 4.79 Å². The molecule has 1 aromatic carbocycles. The first-order valence-corrected chi connectivity index (χ1v) is 9.22. The fourth-order valence-electron chi connectivity index (χ4n) is 3.08. The average Bonchev–Trinajstić information content (AvgIpc) is 3.16. The topological polar surface area (TPSA) is 71.0 Å². The molecule has 0 radical (unpaired) electrons. The zero-order valence-corrected chi connectivity index (χ0v) is 14.8. The molecule has 4 rings (SSSR count). The number of carbonyl (C=O) groups excluding carboxylic acids is 1. The van der Waals surface area contributed by atoms with Crippen LogP contribution in [0.25, 0.3) is 21.3 Å². The van der Waals surface area contributed by atoms with Crippen LogP contribution in [0.1, 0.15) is 12.8 Å². The monoisotopic (exact) mass is 353 g/mol. The van der Waals surface area contributed by atoms with E-state index in [0.29, 0.717) is 5.95 Å². The minimum absolute atomic E-state index is 0.0195. The highest BCUT2D eigenvalue weighted by Crippen LogP contribution is 2.26. The largest absolute Gasteiger partial charge is 0.306 e. The number of anilines is 1. The minimum atomic E-state index is 0.0195. The van der Waals surface area contributed by atoms with Gasteiger partial charge in [0, 0.05) is 23.7 Å². The van der Waals surface area contributed by atoms with Crippen molar-refractivity contribution in [2.75, 3.05) is 25.5 Å². The van der Waals surface area contributed by atoms with Gasteiger partial charge < -0.3 is 4.90 Å². The molecule has 6 nitrogen and oxygen atoms in total. The molecule has 0 aliphatic carbocycles. The third kappa shape index (κ3) is 3.52. The molecule has 3 aromatic rings. The summed E-state index contributed by atoms with van der Waals surface area (Å²) in [6.07, 6.45) is 5.36. The second-order valence-corrected chi connectivity index (χ2v) is 7.29. The maximum atomic E-state index is 12.4. The number of thiazole rings is 1. The van der Waals surface area contributed by atoms with E-state index in [1.165, 1.54) is 0 Å². The molecule has 7 heteroatoms. The predicted octanol–water partition coefficient (Wildman–Crippen LogP) is 3.03. The summed E-state index contributed by atoms with van der Waals surface area (Å²) >= 11 is 1.59. The van der Waals surface area contributed by atoms with Crippen LogP contribution in [0.3, 0.4) is 0 Å². The molecule has 3 heterocycles. The second kappa shape index (κ2) is 6.85. The minimum Gasteiger partial charge on any atom is -0.306 e. The number of fused-ring (bicyclic) bond motifs is 1. The normalized spacial score (nSPS) is 16.2. The van der Waals surface area contributed by atoms with Crippen LogP contribution in [-0.4, -0.2) is 45.9 Å². The summed E-state index contributed by atoms with van der Waals surface area (Å²) in [5, 5.41) is 3.83. The SMILES string of the molecule is CN1CCC(C(=O)Nc2ncc3ccc(-c4cncs4)cc3n2)CC1. The maximum Gasteiger partial charge on any atom is 0.229 e. The Morgan fingerprint density at radius 2 is 2.12 bits per heavy atom. The molecule has 128 valence electrons. The van der Waals surface area contributed by atoms with E-state index in [1.807, 2.05) is 29.9 Å². The summed E-state index contributed by atoms with van der Waals surface area (Å²) in [5.74, 6) is 0.433. The van der Waals surface area contributed by atoms with Crippen molar-refractivity contribution in [3.63, 3.8) is 0 Å². The third-order valence-electron chi connectivity index (χ3n) is 4.62. The van der Waals surface area contributed by atoms with E-state index in [9.17, 15) is 4.79 Å². The Balaban J connectivity index is 1.54. The lowest BCUT2D eigenvalue weighted by Gasteiger charge is -2.27. The highest BCUT2D eigenvalue weighted by atomic mass is 32.1. The molecule has 1 fully saturated rings. The molecule has 0 unspecified atom stereocenters. The number of hydrogen-bond donors (Lipinski definition) is 1. The Hall–Kier alpha value is -2.38. The Morgan fingerprint density at radius 3 is 2.88 bits per heavy atom. The van der Waals surface area contributed by atoms with Gasteiger partial charge in [0.25, 0.3) is 0 Å². The van der Waals surface area contributed by atoms with Crippen LogP contribution < -0.4 is 5.32 Å². The van der Waals surface area contributed by atoms with Gasteiger partial charge in [-0.15, -0.1) is 11.3 Å². The number of benzene rings is 1. The van der Waals surface area contributed by atoms with Crippen molar-refractivity contribution in [3.05, 3.63) is 36.1 Å². The van der Waals surface area contributed by atoms with Gasteiger partial charge in [-0.1, -0.05) is 12.1 Å². The van der Waals surface area contributed by atoms with E-state index in [2.05, 4.69) is 32.2 Å². The van der Waals surface area contributed by atoms with Crippen molar-refractivity contribution in [3.8, 4) is 10.4 Å². The van der Waals surface area contributed by atoms with E-state index in [-0.39, 0.29) is 11.8 Å². The van der Waals surface area contributed by atoms with Crippen molar-refractivity contribution >= 4 is 34.1 Å². The molecule has 0 bridgehead atoms. The average molecular weight is 353 g/mol. The highest BCUT2D eigenvalue weighted by molar-refractivity contribution is 7.13. The fraction of sp³-hybridized carbons (Fsp3) is 0.333. The number of carbonyl (C=O) groups is 1. The van der Waals surface area contributed by atoms with E-state index >= 15 is 0 Å². The van der Waals surface area contributed by atoms with Gasteiger partial charge in [-0.3, -0.25) is 15.1 Å². The smallest absolute Gasteiger partial charge is 0.229 e. The maximum absolute atomic E-state index is 12.4. The highest BCUT2D eigenvalue weighted by Gasteiger charge is 2.23. The number of aromatic nitrogens is 3. The summed E-state index contributed by atoms with van der Waals surface area (Å²) in [7, 11) is 2.08. The third-order valence-corrected chi connectivity index (χ3v) is 5.45. The molecular weight excluding hydrogens is 334 g/mol. The summed E-state index contributed by atoms with van der Waals surface area (Å²) < 4.78 is 0. The lowest BCUT2D eigenvalue weighted by molar-refractivity contribution is -0.121. The quantitative estimate of drug-likeness (QED) is 0.784. The molecule has 1 amide bonds. The molecule has 25 heavy (non-hydrogen) atoms. The van der Waals surface area contributed by atoms with Crippen LogP contribution in [0.2, 0.25) is 0 Å². The van der Waals surface area contributed by atoms with E-state index in [1.54, 1.807) is 17.5 Å². The number of amides is 1. The Labute approximate surface area is 149 Å². The fourth-order valence-corrected chi connectivity index (χ4v) is 3.70. The summed E-state index contributed by atoms with van der Waals surface area (Å²) in [6, 6.07) is 6.04. The van der Waals surface area contributed by atoms with E-state index in [0.717, 1.165) is 47.3 Å². The van der Waals surface area contributed by atoms with Crippen LogP contribution >= 0.6 is 11.3 Å². The van der Waals surface area contributed by atoms with Gasteiger partial charge in [-0.2, -0.15) is 0 Å². The first-order valence-electron chi connectivity index (χ1n) is 8.34. The van der Waals surface area contributed by atoms with Crippen molar-refractivity contribution in [1.82, 2.24) is 19.9 Å². The zero-order valence-electron chi connectivity index (χ0n) is 14.0. The molecule has 0 atom stereocenters. The first kappa shape index (κ1) is 16.1. The van der Waals surface area contributed by atoms with Crippen LogP contribution in [0, 0.1) is 5.92 Å². The van der Waals surface area contributed by atoms with E-state index < -0.39 is 0 Å². The lowest BCUT2D eigenvalue weighted by Crippen LogP contribution is -2.36. The number of hydrogen-bond acceptors (Lipinski definition) is 6. The van der Waals surface area contributed by atoms with Gasteiger partial charge >= 0.3 is 0 Å². The van der Waals surface area contributed by atoms with Gasteiger partial charge in [-0.25, -0.2) is 9.97 Å². The van der Waals surface area contributed by atoms with Crippen LogP contribution in [0.15, 0.2) is 36.1 Å². The number of nitrogens with one attached hydrogen (secondary N) is 1. The standard InChI is InChI=1S/C18H19N5OS/c1-23-6-4-12(5-7-23)17(24)22-18-20-9-14-3-2-13(8-15(14)21-18)16-10-19-11-25-16/h2-3,8-12H,4-7H2,1H3,(H,20,21,22,24). The van der Waals surface area contributed by atoms with E-state index in [4.69, 9.17) is 0 Å². The van der Waals surface area contributed by atoms with Crippen LogP contribution in [0.4, 0.5) is 5.95 Å². The number of piperidine rings is 1. The van der Waals surface area contributed by atoms with Crippen LogP contribution in [0.5, 0.6) is 0 Å². The van der Waals surface area contributed by atoms with Gasteiger partial charge in [-0.05, 0) is 44.6 Å².